The van der Waals surface area contributed by atoms with Crippen LogP contribution in [0.4, 0.5) is 0 Å². The van der Waals surface area contributed by atoms with Gasteiger partial charge in [-0.25, -0.2) is 0 Å². The van der Waals surface area contributed by atoms with Gasteiger partial charge in [0.1, 0.15) is 5.75 Å². The van der Waals surface area contributed by atoms with Crippen LogP contribution in [0.3, 0.4) is 0 Å². The Morgan fingerprint density at radius 1 is 1.36 bits per heavy atom. The highest BCUT2D eigenvalue weighted by molar-refractivity contribution is 6.32. The molecule has 0 fully saturated rings. The highest BCUT2D eigenvalue weighted by Gasteiger charge is 2.13. The second-order valence-corrected chi connectivity index (χ2v) is 5.38. The van der Waals surface area contributed by atoms with Gasteiger partial charge in [0, 0.05) is 12.5 Å². The summed E-state index contributed by atoms with van der Waals surface area (Å²) in [5.41, 5.74) is 0.772. The summed E-state index contributed by atoms with van der Waals surface area (Å²) in [7, 11) is 1.34. The number of carbonyl (C=O) groups is 2. The van der Waals surface area contributed by atoms with Crippen molar-refractivity contribution in [2.45, 2.75) is 39.2 Å². The molecule has 22 heavy (non-hydrogen) atoms. The fourth-order valence-corrected chi connectivity index (χ4v) is 2.06. The maximum atomic E-state index is 11.8. The Labute approximate surface area is 135 Å². The molecule has 6 heteroatoms. The fraction of sp³-hybridized carbons (Fsp3) is 0.500. The van der Waals surface area contributed by atoms with E-state index in [1.807, 2.05) is 19.9 Å². The van der Waals surface area contributed by atoms with Crippen LogP contribution in [-0.4, -0.2) is 31.6 Å². The molecule has 1 N–H and O–H groups in total. The van der Waals surface area contributed by atoms with Gasteiger partial charge < -0.3 is 14.8 Å². The summed E-state index contributed by atoms with van der Waals surface area (Å²) in [6.07, 6.45) is 1.52. The maximum absolute atomic E-state index is 11.8. The largest absolute Gasteiger partial charge is 0.482 e. The second-order valence-electron chi connectivity index (χ2n) is 4.97. The number of halogens is 1. The highest BCUT2D eigenvalue weighted by Crippen LogP contribution is 2.29. The first-order valence-electron chi connectivity index (χ1n) is 7.24. The van der Waals surface area contributed by atoms with Gasteiger partial charge in [0.25, 0.3) is 5.91 Å². The second kappa shape index (κ2) is 9.30. The molecule has 1 aromatic carbocycles. The lowest BCUT2D eigenvalue weighted by Crippen LogP contribution is -2.35. The Hall–Kier alpha value is -1.75. The minimum atomic E-state index is -0.305. The van der Waals surface area contributed by atoms with E-state index in [4.69, 9.17) is 16.3 Å². The zero-order valence-electron chi connectivity index (χ0n) is 13.1. The Balaban J connectivity index is 2.68. The molecule has 0 spiro atoms. The van der Waals surface area contributed by atoms with Gasteiger partial charge in [-0.05, 0) is 31.4 Å². The molecular weight excluding hydrogens is 306 g/mol. The standard InChI is InChI=1S/C16H22ClNO4/c1-4-11(2)18-14(19)10-22-16-12(6-5-7-13(16)17)8-9-15(20)21-3/h5-7,11H,4,8-10H2,1-3H3,(H,18,19)/t11-/m1/s1. The normalized spacial score (nSPS) is 11.6. The molecule has 5 nitrogen and oxygen atoms in total. The Morgan fingerprint density at radius 2 is 2.09 bits per heavy atom. The number of aryl methyl sites for hydroxylation is 1. The first-order chi connectivity index (χ1) is 10.5. The van der Waals surface area contributed by atoms with Crippen LogP contribution in [0.2, 0.25) is 5.02 Å². The number of esters is 1. The molecule has 122 valence electrons. The summed E-state index contributed by atoms with van der Waals surface area (Å²) in [4.78, 5) is 23.0. The Kier molecular flexibility index (Phi) is 7.74. The van der Waals surface area contributed by atoms with Crippen LogP contribution in [0.15, 0.2) is 18.2 Å². The van der Waals surface area contributed by atoms with E-state index in [9.17, 15) is 9.59 Å². The van der Waals surface area contributed by atoms with Crippen LogP contribution >= 0.6 is 11.6 Å². The Morgan fingerprint density at radius 3 is 2.73 bits per heavy atom. The monoisotopic (exact) mass is 327 g/mol. The lowest BCUT2D eigenvalue weighted by atomic mass is 10.1. The molecular formula is C16H22ClNO4. The minimum Gasteiger partial charge on any atom is -0.482 e. The number of hydrogen-bond donors (Lipinski definition) is 1. The van der Waals surface area contributed by atoms with E-state index >= 15 is 0 Å². The van der Waals surface area contributed by atoms with Crippen LogP contribution in [0.5, 0.6) is 5.75 Å². The van der Waals surface area contributed by atoms with Crippen molar-refractivity contribution in [2.24, 2.45) is 0 Å². The number of hydrogen-bond acceptors (Lipinski definition) is 4. The van der Waals surface area contributed by atoms with Gasteiger partial charge in [-0.2, -0.15) is 0 Å². The van der Waals surface area contributed by atoms with E-state index in [2.05, 4.69) is 10.1 Å². The van der Waals surface area contributed by atoms with Crippen molar-refractivity contribution in [3.8, 4) is 5.75 Å². The fourth-order valence-electron chi connectivity index (χ4n) is 1.81. The van der Waals surface area contributed by atoms with E-state index in [0.717, 1.165) is 12.0 Å². The number of ether oxygens (including phenoxy) is 2. The molecule has 1 aromatic rings. The third-order valence-corrected chi connectivity index (χ3v) is 3.54. The number of para-hydroxylation sites is 1. The molecule has 1 atom stereocenters. The summed E-state index contributed by atoms with van der Waals surface area (Å²) in [6, 6.07) is 5.38. The van der Waals surface area contributed by atoms with Gasteiger partial charge in [0.05, 0.1) is 12.1 Å². The number of carbonyl (C=O) groups excluding carboxylic acids is 2. The molecule has 1 amide bonds. The van der Waals surface area contributed by atoms with Crippen molar-refractivity contribution in [3.63, 3.8) is 0 Å². The predicted molar refractivity (Wildman–Crippen MR) is 85.2 cm³/mol. The van der Waals surface area contributed by atoms with Crippen molar-refractivity contribution < 1.29 is 19.1 Å². The van der Waals surface area contributed by atoms with Crippen LogP contribution < -0.4 is 10.1 Å². The first-order valence-corrected chi connectivity index (χ1v) is 7.62. The molecule has 0 aliphatic heterocycles. The average molecular weight is 328 g/mol. The van der Waals surface area contributed by atoms with Crippen LogP contribution in [0.1, 0.15) is 32.3 Å². The summed E-state index contributed by atoms with van der Waals surface area (Å²) in [5.74, 6) is -0.0685. The molecule has 0 saturated carbocycles. The third kappa shape index (κ3) is 5.93. The summed E-state index contributed by atoms with van der Waals surface area (Å²) < 4.78 is 10.2. The molecule has 0 aromatic heterocycles. The SMILES string of the molecule is CC[C@@H](C)NC(=O)COc1c(Cl)cccc1CCC(=O)OC. The topological polar surface area (TPSA) is 64.6 Å². The molecule has 0 saturated heterocycles. The predicted octanol–water partition coefficient (Wildman–Crippen LogP) is 2.74. The zero-order valence-corrected chi connectivity index (χ0v) is 13.9. The van der Waals surface area contributed by atoms with E-state index in [1.54, 1.807) is 12.1 Å². The molecule has 1 rings (SSSR count). The zero-order chi connectivity index (χ0) is 16.5. The molecule has 0 heterocycles. The van der Waals surface area contributed by atoms with Crippen molar-refractivity contribution in [2.75, 3.05) is 13.7 Å². The number of benzene rings is 1. The summed E-state index contributed by atoms with van der Waals surface area (Å²) in [5, 5.41) is 3.23. The quantitative estimate of drug-likeness (QED) is 0.746. The Bertz CT molecular complexity index is 519. The maximum Gasteiger partial charge on any atom is 0.305 e. The molecule has 0 unspecified atom stereocenters. The number of nitrogens with one attached hydrogen (secondary N) is 1. The molecule has 0 bridgehead atoms. The smallest absolute Gasteiger partial charge is 0.305 e. The van der Waals surface area contributed by atoms with Gasteiger partial charge >= 0.3 is 5.97 Å². The number of amides is 1. The van der Waals surface area contributed by atoms with E-state index in [-0.39, 0.29) is 30.9 Å². The van der Waals surface area contributed by atoms with E-state index in [1.165, 1.54) is 7.11 Å². The van der Waals surface area contributed by atoms with Crippen molar-refractivity contribution in [1.82, 2.24) is 5.32 Å². The molecule has 0 radical (unpaired) electrons. The van der Waals surface area contributed by atoms with Crippen molar-refractivity contribution >= 4 is 23.5 Å². The van der Waals surface area contributed by atoms with Crippen LogP contribution in [0.25, 0.3) is 0 Å². The van der Waals surface area contributed by atoms with Gasteiger partial charge in [0.15, 0.2) is 6.61 Å². The minimum absolute atomic E-state index is 0.0983. The van der Waals surface area contributed by atoms with Crippen molar-refractivity contribution in [3.05, 3.63) is 28.8 Å². The van der Waals surface area contributed by atoms with Gasteiger partial charge in [-0.3, -0.25) is 9.59 Å². The van der Waals surface area contributed by atoms with E-state index < -0.39 is 0 Å². The first kappa shape index (κ1) is 18.3. The molecule has 0 aliphatic rings. The number of methoxy groups -OCH3 is 1. The summed E-state index contributed by atoms with van der Waals surface area (Å²) in [6.45, 7) is 3.80. The lowest BCUT2D eigenvalue weighted by Gasteiger charge is -2.15. The van der Waals surface area contributed by atoms with Gasteiger partial charge in [-0.15, -0.1) is 0 Å². The van der Waals surface area contributed by atoms with Gasteiger partial charge in [0.2, 0.25) is 0 Å². The van der Waals surface area contributed by atoms with E-state index in [0.29, 0.717) is 17.2 Å². The lowest BCUT2D eigenvalue weighted by molar-refractivity contribution is -0.140. The van der Waals surface area contributed by atoms with Gasteiger partial charge in [-0.1, -0.05) is 30.7 Å². The molecule has 0 aliphatic carbocycles. The number of rotatable bonds is 8. The highest BCUT2D eigenvalue weighted by atomic mass is 35.5. The van der Waals surface area contributed by atoms with Crippen LogP contribution in [0, 0.1) is 0 Å². The van der Waals surface area contributed by atoms with Crippen LogP contribution in [-0.2, 0) is 20.7 Å². The van der Waals surface area contributed by atoms with Crippen molar-refractivity contribution in [1.29, 1.82) is 0 Å². The summed E-state index contributed by atoms with van der Waals surface area (Å²) >= 11 is 6.12. The average Bonchev–Trinajstić information content (AvgIpc) is 2.51. The third-order valence-electron chi connectivity index (χ3n) is 3.24.